The smallest absolute Gasteiger partial charge is 0.247 e. The van der Waals surface area contributed by atoms with Gasteiger partial charge in [0.05, 0.1) is 5.83 Å². The molecule has 0 aromatic heterocycles. The van der Waals surface area contributed by atoms with Crippen molar-refractivity contribution in [3.63, 3.8) is 0 Å². The minimum Gasteiger partial charge on any atom is -0.247 e. The van der Waals surface area contributed by atoms with Gasteiger partial charge in [0.2, 0.25) is 23.7 Å². The van der Waals surface area contributed by atoms with Crippen LogP contribution in [0.15, 0.2) is 60.3 Å². The number of allylic oxidation sites excluding steroid dienone is 10. The summed E-state index contributed by atoms with van der Waals surface area (Å²) in [5, 5.41) is 0. The maximum atomic E-state index is 13.0. The third-order valence-corrected chi connectivity index (χ3v) is 16.1. The van der Waals surface area contributed by atoms with E-state index in [1.165, 1.54) is 19.9 Å². The Labute approximate surface area is 638 Å². The Balaban J connectivity index is -0.000000140. The van der Waals surface area contributed by atoms with Gasteiger partial charge in [0.15, 0.2) is 0 Å². The molecule has 2 unspecified atom stereocenters. The van der Waals surface area contributed by atoms with Gasteiger partial charge in [-0.25, -0.2) is 61.5 Å². The lowest BCUT2D eigenvalue weighted by atomic mass is 9.97. The van der Waals surface area contributed by atoms with E-state index in [1.807, 2.05) is 137 Å². The fourth-order valence-electron chi connectivity index (χ4n) is 8.27. The second kappa shape index (κ2) is 68.7. The zero-order chi connectivity index (χ0) is 84.3. The van der Waals surface area contributed by atoms with Crippen LogP contribution in [0, 0.1) is 107 Å². The molecule has 0 amide bonds. The van der Waals surface area contributed by atoms with Crippen LogP contribution >= 0.6 is 0 Å². The van der Waals surface area contributed by atoms with Crippen LogP contribution in [-0.2, 0) is 0 Å². The standard InChI is InChI=1S/4C10H20F2.C10H18F2.C10H21F.2C10H19F.C10H17F/c2*1-8(2)5-6-10(11,12)7-9(3)4;3*1-8(2)6-5-7-10(11,12)9(3)4;4*1-8(2)6-5-7-10(11)9(3)4/h4*8-9H,5-7H2,1-4H3;5,7-9H,6H2,1-4H3;8-10H,5-7H2,1-4H3;7-9H,5-6H2,1-4H3;5,7-10H,6H2,1-4H3;5-9H,1-4H3/b;;;;7-5+;;10-7-;7-5+;6-5+,10-7-. The summed E-state index contributed by atoms with van der Waals surface area (Å²) in [6.45, 7) is 69.1. The van der Waals surface area contributed by atoms with E-state index >= 15 is 0 Å². The first-order chi connectivity index (χ1) is 46.9. The molecule has 2 atom stereocenters. The van der Waals surface area contributed by atoms with Crippen LogP contribution in [0.1, 0.15) is 371 Å². The third-order valence-electron chi connectivity index (χ3n) is 16.1. The summed E-state index contributed by atoms with van der Waals surface area (Å²) in [6, 6.07) is 0. The lowest BCUT2D eigenvalue weighted by Crippen LogP contribution is -2.23. The summed E-state index contributed by atoms with van der Waals surface area (Å²) in [5.41, 5.74) is 0. The largest absolute Gasteiger partial charge is 0.268 e. The van der Waals surface area contributed by atoms with Gasteiger partial charge in [0.1, 0.15) is 18.2 Å². The summed E-state index contributed by atoms with van der Waals surface area (Å²) in [5.74, 6) is -8.81. The molecular weight excluding hydrogens is 1350 g/mol. The van der Waals surface area contributed by atoms with Crippen molar-refractivity contribution in [2.24, 2.45) is 107 Å². The molecule has 0 aliphatic rings. The molecule has 0 spiro atoms. The molecule has 0 N–H and O–H groups in total. The molecule has 0 fully saturated rings. The molecule has 14 heteroatoms. The van der Waals surface area contributed by atoms with Gasteiger partial charge >= 0.3 is 0 Å². The van der Waals surface area contributed by atoms with Crippen LogP contribution in [0.5, 0.6) is 0 Å². The lowest BCUT2D eigenvalue weighted by molar-refractivity contribution is -0.0549. The van der Waals surface area contributed by atoms with Crippen LogP contribution in [0.3, 0.4) is 0 Å². The Hall–Kier alpha value is -2.28. The maximum absolute atomic E-state index is 13.0. The maximum Gasteiger partial charge on any atom is 0.268 e. The molecule has 0 radical (unpaired) electrons. The molecule has 0 nitrogen and oxygen atoms in total. The van der Waals surface area contributed by atoms with Crippen LogP contribution < -0.4 is 0 Å². The topological polar surface area (TPSA) is 0 Å². The third kappa shape index (κ3) is 99.7. The fraction of sp³-hybridized carbons (Fsp3) is 0.889. The Morgan fingerprint density at radius 2 is 0.663 bits per heavy atom. The number of hydrogen-bond donors (Lipinski definition) is 0. The van der Waals surface area contributed by atoms with E-state index in [4.69, 9.17) is 0 Å². The highest BCUT2D eigenvalue weighted by molar-refractivity contribution is 5.09. The van der Waals surface area contributed by atoms with E-state index in [1.54, 1.807) is 52.0 Å². The van der Waals surface area contributed by atoms with Gasteiger partial charge in [-0.15, -0.1) is 0 Å². The van der Waals surface area contributed by atoms with Crippen LogP contribution in [-0.4, -0.2) is 42.0 Å². The van der Waals surface area contributed by atoms with Gasteiger partial charge in [0.25, 0.3) is 5.92 Å². The Bertz CT molecular complexity index is 1920. The first-order valence-electron chi connectivity index (χ1n) is 40.8. The van der Waals surface area contributed by atoms with Crippen LogP contribution in [0.4, 0.5) is 61.5 Å². The summed E-state index contributed by atoms with van der Waals surface area (Å²) >= 11 is 0. The zero-order valence-electron chi connectivity index (χ0n) is 74.4. The van der Waals surface area contributed by atoms with Gasteiger partial charge in [0, 0.05) is 68.1 Å². The van der Waals surface area contributed by atoms with Crippen molar-refractivity contribution in [2.45, 2.75) is 413 Å². The van der Waals surface area contributed by atoms with E-state index in [0.29, 0.717) is 73.0 Å². The molecule has 0 aromatic rings. The molecule has 0 aromatic carbocycles. The molecule has 104 heavy (non-hydrogen) atoms. The monoisotopic (exact) mass is 1520 g/mol. The Kier molecular flexibility index (Phi) is 79.3. The predicted molar refractivity (Wildman–Crippen MR) is 435 cm³/mol. The summed E-state index contributed by atoms with van der Waals surface area (Å²) in [4.78, 5) is 0. The van der Waals surface area contributed by atoms with Gasteiger partial charge in [-0.1, -0.05) is 311 Å². The molecule has 632 valence electrons. The van der Waals surface area contributed by atoms with E-state index in [2.05, 4.69) is 83.1 Å². The van der Waals surface area contributed by atoms with Crippen LogP contribution in [0.2, 0.25) is 0 Å². The highest BCUT2D eigenvalue weighted by atomic mass is 19.3. The van der Waals surface area contributed by atoms with Crippen molar-refractivity contribution in [2.75, 3.05) is 0 Å². The van der Waals surface area contributed by atoms with Crippen molar-refractivity contribution < 1.29 is 61.5 Å². The molecule has 0 bridgehead atoms. The van der Waals surface area contributed by atoms with Crippen molar-refractivity contribution in [3.8, 4) is 0 Å². The van der Waals surface area contributed by atoms with Crippen LogP contribution in [0.25, 0.3) is 0 Å². The average molecular weight is 1520 g/mol. The first kappa shape index (κ1) is 120. The Morgan fingerprint density at radius 3 is 0.933 bits per heavy atom. The molecular formula is C90H174F14. The second-order valence-corrected chi connectivity index (χ2v) is 35.9. The summed E-state index contributed by atoms with van der Waals surface area (Å²) < 4.78 is 181. The molecule has 0 saturated heterocycles. The summed E-state index contributed by atoms with van der Waals surface area (Å²) in [7, 11) is 0. The van der Waals surface area contributed by atoms with E-state index in [9.17, 15) is 61.5 Å². The zero-order valence-corrected chi connectivity index (χ0v) is 74.4. The number of alkyl halides is 12. The van der Waals surface area contributed by atoms with E-state index in [-0.39, 0.29) is 85.7 Å². The summed E-state index contributed by atoms with van der Waals surface area (Å²) in [6.07, 6.45) is 23.0. The number of rotatable bonds is 40. The predicted octanol–water partition coefficient (Wildman–Crippen LogP) is 35.3. The minimum absolute atomic E-state index is 0.00631. The molecule has 0 aliphatic carbocycles. The number of hydrogen-bond acceptors (Lipinski definition) is 0. The average Bonchev–Trinajstić information content (AvgIpc) is 0.928. The highest BCUT2D eigenvalue weighted by Crippen LogP contribution is 2.34. The SMILES string of the molecule is CC(C)/C=C/C=C(\F)C(C)C.CC(C)C/C=C/C(F)(F)C(C)C.CC(C)C/C=C/C(F)C(C)C.CC(C)CC/C=C(\F)C(C)C.CC(C)CCC(F)(F)CC(C)C.CC(C)CCC(F)(F)CC(C)C.CC(C)CCCC(F)(F)C(C)C.CC(C)CCCC(F)(F)C(C)C.CC(C)CCCC(F)C(C)C. The molecule has 0 saturated carbocycles. The Morgan fingerprint density at radius 1 is 0.327 bits per heavy atom. The minimum atomic E-state index is -2.64. The van der Waals surface area contributed by atoms with E-state index in [0.717, 1.165) is 69.8 Å². The molecule has 0 heterocycles. The van der Waals surface area contributed by atoms with Gasteiger partial charge in [-0.2, -0.15) is 0 Å². The van der Waals surface area contributed by atoms with Gasteiger partial charge in [-0.05, 0) is 147 Å². The van der Waals surface area contributed by atoms with E-state index < -0.39 is 59.7 Å². The lowest BCUT2D eigenvalue weighted by Gasteiger charge is -2.20. The van der Waals surface area contributed by atoms with Crippen molar-refractivity contribution in [1.29, 1.82) is 0 Å². The molecule has 0 aliphatic heterocycles. The second-order valence-electron chi connectivity index (χ2n) is 35.9. The molecule has 0 rings (SSSR count). The van der Waals surface area contributed by atoms with Gasteiger partial charge < -0.3 is 0 Å². The number of halogens is 14. The first-order valence-corrected chi connectivity index (χ1v) is 40.8. The van der Waals surface area contributed by atoms with Crippen molar-refractivity contribution >= 4 is 0 Å². The van der Waals surface area contributed by atoms with Crippen molar-refractivity contribution in [3.05, 3.63) is 60.3 Å². The highest BCUT2D eigenvalue weighted by Gasteiger charge is 2.34. The van der Waals surface area contributed by atoms with Gasteiger partial charge in [-0.3, -0.25) is 0 Å². The quantitative estimate of drug-likeness (QED) is 0.0326. The van der Waals surface area contributed by atoms with Crippen molar-refractivity contribution in [1.82, 2.24) is 0 Å². The normalized spacial score (nSPS) is 13.6. The fourth-order valence-corrected chi connectivity index (χ4v) is 8.27.